The Bertz CT molecular complexity index is 658. The zero-order valence-corrected chi connectivity index (χ0v) is 14.5. The summed E-state index contributed by atoms with van der Waals surface area (Å²) in [5.74, 6) is 0.550. The van der Waals surface area contributed by atoms with Crippen molar-refractivity contribution < 1.29 is 4.39 Å². The first-order valence-electron chi connectivity index (χ1n) is 8.04. The molecule has 2 aromatic rings. The molecule has 0 radical (unpaired) electrons. The summed E-state index contributed by atoms with van der Waals surface area (Å²) in [6, 6.07) is 10.4. The molecule has 0 aliphatic rings. The second kappa shape index (κ2) is 9.88. The van der Waals surface area contributed by atoms with Gasteiger partial charge in [0.15, 0.2) is 5.96 Å². The van der Waals surface area contributed by atoms with E-state index in [-0.39, 0.29) is 5.82 Å². The number of hydrogen-bond acceptors (Lipinski definition) is 2. The summed E-state index contributed by atoms with van der Waals surface area (Å²) in [5.41, 5.74) is 2.06. The summed E-state index contributed by atoms with van der Waals surface area (Å²) < 4.78 is 13.2. The number of aromatic nitrogens is 1. The second-order valence-electron chi connectivity index (χ2n) is 5.31. The average Bonchev–Trinajstić information content (AvgIpc) is 2.57. The van der Waals surface area contributed by atoms with Crippen LogP contribution in [0.15, 0.2) is 47.6 Å². The van der Waals surface area contributed by atoms with Crippen LogP contribution in [0.5, 0.6) is 0 Å². The summed E-state index contributed by atoms with van der Waals surface area (Å²) >= 11 is 5.78. The van der Waals surface area contributed by atoms with E-state index in [9.17, 15) is 4.39 Å². The highest BCUT2D eigenvalue weighted by atomic mass is 35.5. The number of aliphatic imine (C=N–C) groups is 1. The first-order chi connectivity index (χ1) is 11.7. The van der Waals surface area contributed by atoms with Gasteiger partial charge in [-0.1, -0.05) is 29.8 Å². The first-order valence-corrected chi connectivity index (χ1v) is 8.42. The molecule has 0 unspecified atom stereocenters. The van der Waals surface area contributed by atoms with E-state index in [4.69, 9.17) is 11.6 Å². The molecule has 4 nitrogen and oxygen atoms in total. The lowest BCUT2D eigenvalue weighted by Gasteiger charge is -2.11. The summed E-state index contributed by atoms with van der Waals surface area (Å²) in [6.45, 7) is 4.15. The van der Waals surface area contributed by atoms with Crippen LogP contribution < -0.4 is 10.6 Å². The molecule has 0 saturated heterocycles. The maximum absolute atomic E-state index is 13.2. The molecule has 128 valence electrons. The third-order valence-corrected chi connectivity index (χ3v) is 3.62. The SMILES string of the molecule is CCNC(=NCCc1cccc(F)c1)NCCc1ccc(Cl)nc1. The van der Waals surface area contributed by atoms with Crippen LogP contribution in [0.25, 0.3) is 0 Å². The van der Waals surface area contributed by atoms with Gasteiger partial charge in [-0.3, -0.25) is 4.99 Å². The van der Waals surface area contributed by atoms with E-state index in [1.807, 2.05) is 19.1 Å². The number of benzene rings is 1. The molecular formula is C18H22ClFN4. The number of nitrogens with one attached hydrogen (secondary N) is 2. The molecular weight excluding hydrogens is 327 g/mol. The van der Waals surface area contributed by atoms with E-state index in [0.29, 0.717) is 18.1 Å². The Labute approximate surface area is 147 Å². The van der Waals surface area contributed by atoms with Crippen LogP contribution in [0.4, 0.5) is 4.39 Å². The fraction of sp³-hybridized carbons (Fsp3) is 0.333. The summed E-state index contributed by atoms with van der Waals surface area (Å²) in [6.07, 6.45) is 3.31. The molecule has 6 heteroatoms. The topological polar surface area (TPSA) is 49.3 Å². The lowest BCUT2D eigenvalue weighted by Crippen LogP contribution is -2.38. The van der Waals surface area contributed by atoms with E-state index in [1.165, 1.54) is 6.07 Å². The predicted molar refractivity (Wildman–Crippen MR) is 97.0 cm³/mol. The molecule has 0 fully saturated rings. The molecule has 2 N–H and O–H groups in total. The van der Waals surface area contributed by atoms with Gasteiger partial charge in [0.05, 0.1) is 0 Å². The minimum atomic E-state index is -0.210. The Balaban J connectivity index is 1.80. The van der Waals surface area contributed by atoms with Crippen LogP contribution in [0.1, 0.15) is 18.1 Å². The Morgan fingerprint density at radius 3 is 2.75 bits per heavy atom. The van der Waals surface area contributed by atoms with E-state index in [2.05, 4.69) is 20.6 Å². The number of hydrogen-bond donors (Lipinski definition) is 2. The fourth-order valence-electron chi connectivity index (χ4n) is 2.21. The summed E-state index contributed by atoms with van der Waals surface area (Å²) in [7, 11) is 0. The molecule has 1 aromatic carbocycles. The Morgan fingerprint density at radius 2 is 2.04 bits per heavy atom. The van der Waals surface area contributed by atoms with E-state index >= 15 is 0 Å². The van der Waals surface area contributed by atoms with Gasteiger partial charge >= 0.3 is 0 Å². The highest BCUT2D eigenvalue weighted by Crippen LogP contribution is 2.05. The van der Waals surface area contributed by atoms with E-state index < -0.39 is 0 Å². The molecule has 0 amide bonds. The maximum atomic E-state index is 13.2. The highest BCUT2D eigenvalue weighted by molar-refractivity contribution is 6.29. The Morgan fingerprint density at radius 1 is 1.17 bits per heavy atom. The predicted octanol–water partition coefficient (Wildman–Crippen LogP) is 3.21. The molecule has 0 saturated carbocycles. The van der Waals surface area contributed by atoms with Gasteiger partial charge in [-0.25, -0.2) is 9.37 Å². The number of guanidine groups is 1. The van der Waals surface area contributed by atoms with Crippen molar-refractivity contribution in [1.82, 2.24) is 15.6 Å². The first kappa shape index (κ1) is 18.2. The third-order valence-electron chi connectivity index (χ3n) is 3.40. The minimum absolute atomic E-state index is 0.210. The number of nitrogens with zero attached hydrogens (tertiary/aromatic N) is 2. The van der Waals surface area contributed by atoms with Crippen molar-refractivity contribution in [3.8, 4) is 0 Å². The van der Waals surface area contributed by atoms with E-state index in [0.717, 1.165) is 36.6 Å². The molecule has 0 aliphatic carbocycles. The molecule has 0 aliphatic heterocycles. The van der Waals surface area contributed by atoms with Crippen molar-refractivity contribution in [2.45, 2.75) is 19.8 Å². The molecule has 0 bridgehead atoms. The second-order valence-corrected chi connectivity index (χ2v) is 5.69. The van der Waals surface area contributed by atoms with Gasteiger partial charge in [0, 0.05) is 25.8 Å². The van der Waals surface area contributed by atoms with Crippen molar-refractivity contribution in [3.63, 3.8) is 0 Å². The van der Waals surface area contributed by atoms with Crippen LogP contribution in [0.2, 0.25) is 5.15 Å². The number of halogens is 2. The molecule has 0 spiro atoms. The van der Waals surface area contributed by atoms with Crippen LogP contribution >= 0.6 is 11.6 Å². The molecule has 2 rings (SSSR count). The third kappa shape index (κ3) is 6.54. The van der Waals surface area contributed by atoms with Crippen LogP contribution in [-0.4, -0.2) is 30.6 Å². The number of pyridine rings is 1. The smallest absolute Gasteiger partial charge is 0.191 e. The largest absolute Gasteiger partial charge is 0.357 e. The minimum Gasteiger partial charge on any atom is -0.357 e. The lowest BCUT2D eigenvalue weighted by atomic mass is 10.1. The Kier molecular flexibility index (Phi) is 7.49. The van der Waals surface area contributed by atoms with Gasteiger partial charge in [-0.2, -0.15) is 0 Å². The van der Waals surface area contributed by atoms with Crippen molar-refractivity contribution >= 4 is 17.6 Å². The van der Waals surface area contributed by atoms with Gasteiger partial charge in [0.2, 0.25) is 0 Å². The highest BCUT2D eigenvalue weighted by Gasteiger charge is 2.00. The zero-order valence-electron chi connectivity index (χ0n) is 13.7. The molecule has 1 aromatic heterocycles. The molecule has 24 heavy (non-hydrogen) atoms. The quantitative estimate of drug-likeness (QED) is 0.459. The fourth-order valence-corrected chi connectivity index (χ4v) is 2.32. The van der Waals surface area contributed by atoms with Crippen molar-refractivity contribution in [2.24, 2.45) is 4.99 Å². The van der Waals surface area contributed by atoms with Crippen molar-refractivity contribution in [2.75, 3.05) is 19.6 Å². The standard InChI is InChI=1S/C18H22ClFN4/c1-2-21-18(22-10-8-14-4-3-5-16(20)12-14)23-11-9-15-6-7-17(19)24-13-15/h3-7,12-13H,2,8-11H2,1H3,(H2,21,22,23). The van der Waals surface area contributed by atoms with Gasteiger partial charge in [0.1, 0.15) is 11.0 Å². The van der Waals surface area contributed by atoms with Crippen LogP contribution in [0.3, 0.4) is 0 Å². The summed E-state index contributed by atoms with van der Waals surface area (Å²) in [4.78, 5) is 8.58. The van der Waals surface area contributed by atoms with Crippen LogP contribution in [0, 0.1) is 5.82 Å². The van der Waals surface area contributed by atoms with Gasteiger partial charge in [0.25, 0.3) is 0 Å². The van der Waals surface area contributed by atoms with Gasteiger partial charge in [-0.15, -0.1) is 0 Å². The van der Waals surface area contributed by atoms with Crippen molar-refractivity contribution in [1.29, 1.82) is 0 Å². The van der Waals surface area contributed by atoms with Crippen LogP contribution in [-0.2, 0) is 12.8 Å². The lowest BCUT2D eigenvalue weighted by molar-refractivity contribution is 0.625. The maximum Gasteiger partial charge on any atom is 0.191 e. The zero-order chi connectivity index (χ0) is 17.2. The molecule has 0 atom stereocenters. The monoisotopic (exact) mass is 348 g/mol. The normalized spacial score (nSPS) is 11.4. The van der Waals surface area contributed by atoms with E-state index in [1.54, 1.807) is 24.4 Å². The molecule has 1 heterocycles. The van der Waals surface area contributed by atoms with Crippen molar-refractivity contribution in [3.05, 3.63) is 64.7 Å². The Hall–Kier alpha value is -2.14. The average molecular weight is 349 g/mol. The summed E-state index contributed by atoms with van der Waals surface area (Å²) in [5, 5.41) is 6.99. The van der Waals surface area contributed by atoms with Gasteiger partial charge < -0.3 is 10.6 Å². The van der Waals surface area contributed by atoms with Gasteiger partial charge in [-0.05, 0) is 49.1 Å². The number of rotatable bonds is 7.